The number of hydrogen-bond acceptors (Lipinski definition) is 5. The van der Waals surface area contributed by atoms with Gasteiger partial charge in [0.2, 0.25) is 0 Å². The molecule has 0 aliphatic rings. The highest BCUT2D eigenvalue weighted by atomic mass is 32.1. The number of benzene rings is 2. The van der Waals surface area contributed by atoms with E-state index in [4.69, 9.17) is 14.2 Å². The number of fused-ring (bicyclic) bond motifs is 1. The van der Waals surface area contributed by atoms with E-state index >= 15 is 0 Å². The zero-order chi connectivity index (χ0) is 19.2. The molecule has 0 saturated heterocycles. The molecule has 0 unspecified atom stereocenters. The average molecular weight is 386 g/mol. The Morgan fingerprint density at radius 2 is 1.85 bits per heavy atom. The highest BCUT2D eigenvalue weighted by molar-refractivity contribution is 7.16. The van der Waals surface area contributed by atoms with Crippen LogP contribution in [0.25, 0.3) is 10.2 Å². The van der Waals surface area contributed by atoms with Crippen molar-refractivity contribution in [1.29, 1.82) is 0 Å². The highest BCUT2D eigenvalue weighted by Crippen LogP contribution is 2.23. The smallest absolute Gasteiger partial charge is 0.286 e. The molecule has 0 radical (unpaired) electrons. The third-order valence-electron chi connectivity index (χ3n) is 4.01. The first-order valence-corrected chi connectivity index (χ1v) is 9.35. The molecule has 27 heavy (non-hydrogen) atoms. The quantitative estimate of drug-likeness (QED) is 0.626. The first-order valence-electron chi connectivity index (χ1n) is 8.54. The number of amides is 1. The molecule has 1 heterocycles. The van der Waals surface area contributed by atoms with Crippen LogP contribution in [0.2, 0.25) is 0 Å². The molecule has 3 rings (SSSR count). The molecule has 0 atom stereocenters. The van der Waals surface area contributed by atoms with Crippen LogP contribution in [0.5, 0.6) is 11.5 Å². The summed E-state index contributed by atoms with van der Waals surface area (Å²) in [5.74, 6) is 1.08. The maximum absolute atomic E-state index is 12.3. The lowest BCUT2D eigenvalue weighted by Gasteiger charge is -2.05. The summed E-state index contributed by atoms with van der Waals surface area (Å²) in [7, 11) is 3.28. The monoisotopic (exact) mass is 386 g/mol. The lowest BCUT2D eigenvalue weighted by Crippen LogP contribution is -2.21. The maximum Gasteiger partial charge on any atom is 0.286 e. The summed E-state index contributed by atoms with van der Waals surface area (Å²) >= 11 is 1.44. The van der Waals surface area contributed by atoms with Crippen LogP contribution >= 0.6 is 11.3 Å². The van der Waals surface area contributed by atoms with Crippen molar-refractivity contribution >= 4 is 27.5 Å². The van der Waals surface area contributed by atoms with Gasteiger partial charge in [0.25, 0.3) is 5.91 Å². The topological polar surface area (TPSA) is 62.1 Å². The molecular weight excluding hydrogens is 364 g/mol. The number of ether oxygens (including phenoxy) is 3. The maximum atomic E-state index is 12.3. The fourth-order valence-corrected chi connectivity index (χ4v) is 3.68. The van der Waals surface area contributed by atoms with Crippen molar-refractivity contribution in [3.63, 3.8) is 0 Å². The molecule has 0 aliphatic carbocycles. The summed E-state index contributed by atoms with van der Waals surface area (Å²) < 4.78 is 19.0. The number of hydrogen-bond donors (Lipinski definition) is 0. The molecule has 0 N–H and O–H groups in total. The van der Waals surface area contributed by atoms with Gasteiger partial charge in [-0.25, -0.2) is 0 Å². The third-order valence-corrected chi connectivity index (χ3v) is 5.05. The second kappa shape index (κ2) is 8.83. The Bertz CT molecular complexity index is 989. The van der Waals surface area contributed by atoms with Gasteiger partial charge in [-0.15, -0.1) is 0 Å². The average Bonchev–Trinajstić information content (AvgIpc) is 3.01. The number of thiazole rings is 1. The van der Waals surface area contributed by atoms with Gasteiger partial charge in [-0.1, -0.05) is 29.0 Å². The SMILES string of the molecule is COCCn1c(=NC(=O)COc2ccc(C)cc2)sc2cc(OC)ccc21. The minimum atomic E-state index is -0.333. The van der Waals surface area contributed by atoms with E-state index in [1.165, 1.54) is 11.3 Å². The minimum Gasteiger partial charge on any atom is -0.497 e. The van der Waals surface area contributed by atoms with Crippen molar-refractivity contribution in [2.24, 2.45) is 4.99 Å². The second-order valence-electron chi connectivity index (χ2n) is 5.97. The van der Waals surface area contributed by atoms with Crippen LogP contribution in [0.4, 0.5) is 0 Å². The molecule has 0 fully saturated rings. The van der Waals surface area contributed by atoms with Crippen molar-refractivity contribution in [1.82, 2.24) is 4.57 Å². The number of carbonyl (C=O) groups excluding carboxylic acids is 1. The summed E-state index contributed by atoms with van der Waals surface area (Å²) in [5, 5.41) is 0. The van der Waals surface area contributed by atoms with Gasteiger partial charge >= 0.3 is 0 Å². The summed E-state index contributed by atoms with van der Waals surface area (Å²) in [4.78, 5) is 17.2. The second-order valence-corrected chi connectivity index (χ2v) is 6.98. The lowest BCUT2D eigenvalue weighted by molar-refractivity contribution is -0.120. The van der Waals surface area contributed by atoms with Gasteiger partial charge in [0.05, 0.1) is 23.9 Å². The van der Waals surface area contributed by atoms with E-state index in [1.807, 2.05) is 54.0 Å². The molecule has 7 heteroatoms. The van der Waals surface area contributed by atoms with Crippen molar-refractivity contribution in [2.75, 3.05) is 27.4 Å². The van der Waals surface area contributed by atoms with Crippen LogP contribution < -0.4 is 14.3 Å². The lowest BCUT2D eigenvalue weighted by atomic mass is 10.2. The van der Waals surface area contributed by atoms with Crippen molar-refractivity contribution in [3.05, 3.63) is 52.8 Å². The van der Waals surface area contributed by atoms with Gasteiger partial charge in [-0.05, 0) is 37.3 Å². The van der Waals surface area contributed by atoms with Crippen LogP contribution in [0.1, 0.15) is 5.56 Å². The fraction of sp³-hybridized carbons (Fsp3) is 0.300. The molecule has 0 aliphatic heterocycles. The van der Waals surface area contributed by atoms with Crippen LogP contribution in [-0.2, 0) is 16.1 Å². The highest BCUT2D eigenvalue weighted by Gasteiger charge is 2.09. The molecule has 0 bridgehead atoms. The van der Waals surface area contributed by atoms with Gasteiger partial charge in [0, 0.05) is 13.7 Å². The standard InChI is InChI=1S/C20H22N2O4S/c1-14-4-6-15(7-5-14)26-13-19(23)21-20-22(10-11-24-2)17-9-8-16(25-3)12-18(17)27-20/h4-9,12H,10-11,13H2,1-3H3. The molecule has 1 aromatic heterocycles. The van der Waals surface area contributed by atoms with E-state index in [0.717, 1.165) is 21.5 Å². The molecule has 0 spiro atoms. The Morgan fingerprint density at radius 1 is 1.11 bits per heavy atom. The summed E-state index contributed by atoms with van der Waals surface area (Å²) in [6.45, 7) is 3.03. The molecule has 142 valence electrons. The van der Waals surface area contributed by atoms with E-state index in [-0.39, 0.29) is 12.5 Å². The Labute approximate surface area is 161 Å². The normalized spacial score (nSPS) is 11.7. The third kappa shape index (κ3) is 4.75. The van der Waals surface area contributed by atoms with Crippen molar-refractivity contribution < 1.29 is 19.0 Å². The molecule has 0 saturated carbocycles. The van der Waals surface area contributed by atoms with Crippen molar-refractivity contribution in [2.45, 2.75) is 13.5 Å². The van der Waals surface area contributed by atoms with Gasteiger partial charge < -0.3 is 18.8 Å². The predicted molar refractivity (Wildman–Crippen MR) is 105 cm³/mol. The van der Waals surface area contributed by atoms with Gasteiger partial charge in [0.1, 0.15) is 11.5 Å². The minimum absolute atomic E-state index is 0.106. The van der Waals surface area contributed by atoms with Crippen molar-refractivity contribution in [3.8, 4) is 11.5 Å². The van der Waals surface area contributed by atoms with Crippen LogP contribution in [0.3, 0.4) is 0 Å². The zero-order valence-corrected chi connectivity index (χ0v) is 16.4. The number of methoxy groups -OCH3 is 2. The van der Waals surface area contributed by atoms with Gasteiger partial charge in [-0.3, -0.25) is 4.79 Å². The van der Waals surface area contributed by atoms with Gasteiger partial charge in [-0.2, -0.15) is 4.99 Å². The Kier molecular flexibility index (Phi) is 6.26. The molecule has 1 amide bonds. The molecule has 2 aromatic carbocycles. The number of aryl methyl sites for hydroxylation is 1. The summed E-state index contributed by atoms with van der Waals surface area (Å²) in [5.41, 5.74) is 2.13. The van der Waals surface area contributed by atoms with Gasteiger partial charge in [0.15, 0.2) is 11.4 Å². The summed E-state index contributed by atoms with van der Waals surface area (Å²) in [6, 6.07) is 13.4. The molecule has 6 nitrogen and oxygen atoms in total. The largest absolute Gasteiger partial charge is 0.497 e. The summed E-state index contributed by atoms with van der Waals surface area (Å²) in [6.07, 6.45) is 0. The molecule has 3 aromatic rings. The first kappa shape index (κ1) is 19.1. The van der Waals surface area contributed by atoms with E-state index in [2.05, 4.69) is 4.99 Å². The van der Waals surface area contributed by atoms with Crippen LogP contribution in [0, 0.1) is 6.92 Å². The van der Waals surface area contributed by atoms with E-state index in [9.17, 15) is 4.79 Å². The zero-order valence-electron chi connectivity index (χ0n) is 15.6. The predicted octanol–water partition coefficient (Wildman–Crippen LogP) is 3.17. The Hall–Kier alpha value is -2.64. The Morgan fingerprint density at radius 3 is 2.56 bits per heavy atom. The number of nitrogens with zero attached hydrogens (tertiary/aromatic N) is 2. The number of rotatable bonds is 7. The number of carbonyl (C=O) groups is 1. The number of aromatic nitrogens is 1. The Balaban J connectivity index is 1.86. The van der Waals surface area contributed by atoms with E-state index < -0.39 is 0 Å². The van der Waals surface area contributed by atoms with E-state index in [0.29, 0.717) is 23.7 Å². The van der Waals surface area contributed by atoms with Crippen LogP contribution in [0.15, 0.2) is 47.5 Å². The first-order chi connectivity index (χ1) is 13.1. The van der Waals surface area contributed by atoms with E-state index in [1.54, 1.807) is 14.2 Å². The molecular formula is C20H22N2O4S. The fourth-order valence-electron chi connectivity index (χ4n) is 2.58. The van der Waals surface area contributed by atoms with Crippen LogP contribution in [-0.4, -0.2) is 37.9 Å².